The first-order valence-corrected chi connectivity index (χ1v) is 4.09. The lowest BCUT2D eigenvalue weighted by Crippen LogP contribution is -2.16. The fraction of sp³-hybridized carbons (Fsp3) is 0.333. The molecule has 2 rings (SSSR count). The predicted molar refractivity (Wildman–Crippen MR) is 46.9 cm³/mol. The highest BCUT2D eigenvalue weighted by molar-refractivity contribution is 5.64. The van der Waals surface area contributed by atoms with Crippen LogP contribution in [0.15, 0.2) is 12.1 Å². The zero-order valence-corrected chi connectivity index (χ0v) is 7.26. The Kier molecular flexibility index (Phi) is 1.96. The van der Waals surface area contributed by atoms with Gasteiger partial charge in [0.25, 0.3) is 0 Å². The molecular weight excluding hydrogens is 173 g/mol. The van der Waals surface area contributed by atoms with E-state index in [9.17, 15) is 4.39 Å². The number of rotatable bonds is 1. The van der Waals surface area contributed by atoms with Crippen LogP contribution in [0.5, 0.6) is 11.5 Å². The number of hydrogen-bond donors (Lipinski definition) is 1. The van der Waals surface area contributed by atoms with Gasteiger partial charge in [0.05, 0.1) is 0 Å². The number of anilines is 1. The Morgan fingerprint density at radius 2 is 2.08 bits per heavy atom. The molecule has 0 amide bonds. The third-order valence-corrected chi connectivity index (χ3v) is 1.91. The van der Waals surface area contributed by atoms with Crippen molar-refractivity contribution in [1.82, 2.24) is 0 Å². The van der Waals surface area contributed by atoms with Gasteiger partial charge in [0.1, 0.15) is 24.7 Å². The van der Waals surface area contributed by atoms with E-state index in [1.807, 2.05) is 0 Å². The topological polar surface area (TPSA) is 30.5 Å². The van der Waals surface area contributed by atoms with Crippen LogP contribution in [0.4, 0.5) is 10.1 Å². The third kappa shape index (κ3) is 1.28. The van der Waals surface area contributed by atoms with Gasteiger partial charge in [-0.25, -0.2) is 4.39 Å². The van der Waals surface area contributed by atoms with E-state index in [1.54, 1.807) is 13.1 Å². The molecule has 0 fully saturated rings. The van der Waals surface area contributed by atoms with Gasteiger partial charge in [0.2, 0.25) is 0 Å². The molecule has 13 heavy (non-hydrogen) atoms. The first kappa shape index (κ1) is 8.16. The standard InChI is InChI=1S/C9H10FNO2/c1-11-8-6(10)2-3-7-9(8)13-5-4-12-7/h2-3,11H,4-5H2,1H3. The molecule has 70 valence electrons. The Hall–Kier alpha value is -1.45. The third-order valence-electron chi connectivity index (χ3n) is 1.91. The van der Waals surface area contributed by atoms with Crippen LogP contribution in [0.1, 0.15) is 0 Å². The summed E-state index contributed by atoms with van der Waals surface area (Å²) in [5.74, 6) is 0.734. The Morgan fingerprint density at radius 1 is 1.31 bits per heavy atom. The molecule has 0 aliphatic carbocycles. The van der Waals surface area contributed by atoms with Gasteiger partial charge in [0.15, 0.2) is 11.5 Å². The zero-order chi connectivity index (χ0) is 9.26. The highest BCUT2D eigenvalue weighted by Gasteiger charge is 2.18. The monoisotopic (exact) mass is 183 g/mol. The van der Waals surface area contributed by atoms with Crippen LogP contribution in [0, 0.1) is 5.82 Å². The summed E-state index contributed by atoms with van der Waals surface area (Å²) < 4.78 is 23.8. The maximum Gasteiger partial charge on any atom is 0.187 e. The zero-order valence-electron chi connectivity index (χ0n) is 7.26. The molecule has 0 radical (unpaired) electrons. The molecule has 0 saturated carbocycles. The molecule has 0 saturated heterocycles. The molecule has 0 spiro atoms. The van der Waals surface area contributed by atoms with Crippen molar-refractivity contribution in [2.24, 2.45) is 0 Å². The summed E-state index contributed by atoms with van der Waals surface area (Å²) in [4.78, 5) is 0. The fourth-order valence-corrected chi connectivity index (χ4v) is 1.32. The van der Waals surface area contributed by atoms with E-state index in [0.29, 0.717) is 30.4 Å². The maximum atomic E-state index is 13.2. The van der Waals surface area contributed by atoms with Gasteiger partial charge >= 0.3 is 0 Å². The molecule has 0 aromatic heterocycles. The Morgan fingerprint density at radius 3 is 2.85 bits per heavy atom. The number of fused-ring (bicyclic) bond motifs is 1. The quantitative estimate of drug-likeness (QED) is 0.717. The Labute approximate surface area is 75.5 Å². The SMILES string of the molecule is CNc1c(F)ccc2c1OCCO2. The normalized spacial score (nSPS) is 14.0. The van der Waals surface area contributed by atoms with Crippen LogP contribution in [0.3, 0.4) is 0 Å². The van der Waals surface area contributed by atoms with Crippen LogP contribution < -0.4 is 14.8 Å². The molecule has 4 heteroatoms. The van der Waals surface area contributed by atoms with Crippen molar-refractivity contribution < 1.29 is 13.9 Å². The van der Waals surface area contributed by atoms with Gasteiger partial charge in [-0.2, -0.15) is 0 Å². The molecule has 1 N–H and O–H groups in total. The van der Waals surface area contributed by atoms with Gasteiger partial charge in [-0.05, 0) is 12.1 Å². The summed E-state index contributed by atoms with van der Waals surface area (Å²) in [7, 11) is 1.65. The second kappa shape index (κ2) is 3.12. The minimum absolute atomic E-state index is 0.327. The lowest BCUT2D eigenvalue weighted by molar-refractivity contribution is 0.172. The molecule has 1 aliphatic heterocycles. The van der Waals surface area contributed by atoms with Crippen LogP contribution in [-0.4, -0.2) is 20.3 Å². The van der Waals surface area contributed by atoms with E-state index in [2.05, 4.69) is 5.32 Å². The summed E-state index contributed by atoms with van der Waals surface area (Å²) in [5, 5.41) is 2.74. The number of halogens is 1. The van der Waals surface area contributed by atoms with Crippen LogP contribution >= 0.6 is 0 Å². The molecular formula is C9H10FNO2. The van der Waals surface area contributed by atoms with Crippen molar-refractivity contribution in [3.63, 3.8) is 0 Å². The van der Waals surface area contributed by atoms with Crippen LogP contribution in [-0.2, 0) is 0 Å². The smallest absolute Gasteiger partial charge is 0.187 e. The maximum absolute atomic E-state index is 13.2. The number of benzene rings is 1. The van der Waals surface area contributed by atoms with Crippen molar-refractivity contribution in [2.75, 3.05) is 25.6 Å². The Bertz CT molecular complexity index is 328. The van der Waals surface area contributed by atoms with Gasteiger partial charge in [-0.15, -0.1) is 0 Å². The second-order valence-electron chi connectivity index (χ2n) is 2.70. The number of hydrogen-bond acceptors (Lipinski definition) is 3. The van der Waals surface area contributed by atoms with E-state index in [0.717, 1.165) is 0 Å². The number of nitrogens with one attached hydrogen (secondary N) is 1. The van der Waals surface area contributed by atoms with Gasteiger partial charge in [-0.3, -0.25) is 0 Å². The van der Waals surface area contributed by atoms with Gasteiger partial charge in [0, 0.05) is 7.05 Å². The first-order chi connectivity index (χ1) is 6.33. The molecule has 1 aromatic carbocycles. The molecule has 1 heterocycles. The van der Waals surface area contributed by atoms with Gasteiger partial charge < -0.3 is 14.8 Å². The van der Waals surface area contributed by atoms with E-state index in [4.69, 9.17) is 9.47 Å². The molecule has 3 nitrogen and oxygen atoms in total. The largest absolute Gasteiger partial charge is 0.486 e. The number of ether oxygens (including phenoxy) is 2. The lowest BCUT2D eigenvalue weighted by atomic mass is 10.2. The average molecular weight is 183 g/mol. The molecule has 1 aliphatic rings. The average Bonchev–Trinajstić information content (AvgIpc) is 2.18. The summed E-state index contributed by atoms with van der Waals surface area (Å²) >= 11 is 0. The van der Waals surface area contributed by atoms with E-state index >= 15 is 0 Å². The lowest BCUT2D eigenvalue weighted by Gasteiger charge is -2.20. The molecule has 1 aromatic rings. The molecule has 0 atom stereocenters. The van der Waals surface area contributed by atoms with Crippen molar-refractivity contribution in [3.05, 3.63) is 17.9 Å². The molecule has 0 bridgehead atoms. The van der Waals surface area contributed by atoms with Crippen molar-refractivity contribution in [1.29, 1.82) is 0 Å². The fourth-order valence-electron chi connectivity index (χ4n) is 1.32. The van der Waals surface area contributed by atoms with Crippen LogP contribution in [0.25, 0.3) is 0 Å². The first-order valence-electron chi connectivity index (χ1n) is 4.09. The van der Waals surface area contributed by atoms with E-state index in [1.165, 1.54) is 6.07 Å². The summed E-state index contributed by atoms with van der Waals surface area (Å²) in [6, 6.07) is 2.93. The highest BCUT2D eigenvalue weighted by atomic mass is 19.1. The highest BCUT2D eigenvalue weighted by Crippen LogP contribution is 2.38. The van der Waals surface area contributed by atoms with Crippen molar-refractivity contribution >= 4 is 5.69 Å². The summed E-state index contributed by atoms with van der Waals surface area (Å²) in [6.07, 6.45) is 0. The van der Waals surface area contributed by atoms with E-state index < -0.39 is 0 Å². The Balaban J connectivity index is 2.52. The van der Waals surface area contributed by atoms with Gasteiger partial charge in [-0.1, -0.05) is 0 Å². The predicted octanol–water partition coefficient (Wildman–Crippen LogP) is 1.64. The van der Waals surface area contributed by atoms with Crippen molar-refractivity contribution in [3.8, 4) is 11.5 Å². The summed E-state index contributed by atoms with van der Waals surface area (Å²) in [5.41, 5.74) is 0.359. The second-order valence-corrected chi connectivity index (χ2v) is 2.70. The van der Waals surface area contributed by atoms with E-state index in [-0.39, 0.29) is 5.82 Å². The van der Waals surface area contributed by atoms with Crippen molar-refractivity contribution in [2.45, 2.75) is 0 Å². The summed E-state index contributed by atoms with van der Waals surface area (Å²) in [6.45, 7) is 0.979. The minimum atomic E-state index is -0.327. The van der Waals surface area contributed by atoms with Crippen LogP contribution in [0.2, 0.25) is 0 Å². The molecule has 0 unspecified atom stereocenters. The minimum Gasteiger partial charge on any atom is -0.486 e.